The highest BCUT2D eigenvalue weighted by molar-refractivity contribution is 6.13. The quantitative estimate of drug-likeness (QED) is 0.0228. The number of rotatable bonds is 46. The van der Waals surface area contributed by atoms with Crippen molar-refractivity contribution in [1.82, 2.24) is 30.6 Å². The van der Waals surface area contributed by atoms with Crippen LogP contribution >= 0.6 is 0 Å². The maximum atomic E-state index is 12.4. The van der Waals surface area contributed by atoms with Gasteiger partial charge in [-0.1, -0.05) is 16.7 Å². The number of imide groups is 4. The zero-order valence-corrected chi connectivity index (χ0v) is 46.7. The smallest absolute Gasteiger partial charge is 0.494 e. The van der Waals surface area contributed by atoms with Crippen LogP contribution in [0.15, 0.2) is 36.6 Å². The van der Waals surface area contributed by atoms with Crippen LogP contribution in [0.25, 0.3) is 0 Å². The van der Waals surface area contributed by atoms with Gasteiger partial charge in [0.1, 0.15) is 56.9 Å². The third-order valence-electron chi connectivity index (χ3n) is 11.3. The Balaban J connectivity index is 1.16. The number of hydroxylamine groups is 4. The van der Waals surface area contributed by atoms with Crippen LogP contribution in [0.5, 0.6) is 0 Å². The summed E-state index contributed by atoms with van der Waals surface area (Å²) >= 11 is 0. The molecule has 84 heavy (non-hydrogen) atoms. The Bertz CT molecular complexity index is 2110. The lowest BCUT2D eigenvalue weighted by atomic mass is 10.3. The molecule has 2 saturated heterocycles. The molecule has 0 saturated carbocycles. The van der Waals surface area contributed by atoms with Gasteiger partial charge in [0, 0.05) is 75.9 Å². The van der Waals surface area contributed by atoms with Gasteiger partial charge in [-0.15, -0.1) is 0 Å². The number of hydrogen-bond donors (Lipinski definition) is 2. The van der Waals surface area contributed by atoms with Crippen molar-refractivity contribution in [2.24, 2.45) is 0 Å². The molecule has 0 bridgehead atoms. The van der Waals surface area contributed by atoms with Crippen molar-refractivity contribution in [3.8, 4) is 0 Å². The molecule has 33 heteroatoms. The van der Waals surface area contributed by atoms with E-state index in [-0.39, 0.29) is 183 Å². The molecular weight excluding hydrogens is 1130 g/mol. The van der Waals surface area contributed by atoms with Crippen LogP contribution in [0.2, 0.25) is 0 Å². The van der Waals surface area contributed by atoms with Crippen LogP contribution in [0.4, 0.5) is 9.59 Å². The van der Waals surface area contributed by atoms with Gasteiger partial charge < -0.3 is 72.2 Å². The van der Waals surface area contributed by atoms with E-state index < -0.39 is 96.0 Å². The second kappa shape index (κ2) is 39.2. The first-order chi connectivity index (χ1) is 40.4. The van der Waals surface area contributed by atoms with Crippen LogP contribution in [0.1, 0.15) is 52.4 Å². The van der Waals surface area contributed by atoms with Gasteiger partial charge in [0.2, 0.25) is 11.8 Å². The Labute approximate surface area is 482 Å². The van der Waals surface area contributed by atoms with Crippen molar-refractivity contribution < 1.29 is 129 Å². The highest BCUT2D eigenvalue weighted by Gasteiger charge is 2.35. The topological polar surface area (TPSA) is 380 Å². The van der Waals surface area contributed by atoms with E-state index in [1.807, 2.05) is 0 Å². The molecule has 2 N–H and O–H groups in total. The van der Waals surface area contributed by atoms with Gasteiger partial charge >= 0.3 is 12.3 Å². The predicted octanol–water partition coefficient (Wildman–Crippen LogP) is -1.59. The average Bonchev–Trinajstić information content (AvgIpc) is 4.22. The molecule has 0 radical (unpaired) electrons. The summed E-state index contributed by atoms with van der Waals surface area (Å²) in [6, 6.07) is 0. The Morgan fingerprint density at radius 2 is 0.762 bits per heavy atom. The maximum absolute atomic E-state index is 12.4. The lowest BCUT2D eigenvalue weighted by Gasteiger charge is -2.21. The summed E-state index contributed by atoms with van der Waals surface area (Å²) in [6.45, 7) is 6.97. The molecule has 4 aliphatic heterocycles. The second-order valence-corrected chi connectivity index (χ2v) is 17.9. The Morgan fingerprint density at radius 3 is 1.15 bits per heavy atom. The summed E-state index contributed by atoms with van der Waals surface area (Å²) in [5, 5.41) is 5.97. The van der Waals surface area contributed by atoms with E-state index in [9.17, 15) is 57.5 Å². The van der Waals surface area contributed by atoms with Gasteiger partial charge in [-0.3, -0.25) is 67.4 Å². The molecule has 0 aromatic rings. The lowest BCUT2D eigenvalue weighted by Crippen LogP contribution is -2.39. The zero-order chi connectivity index (χ0) is 61.1. The highest BCUT2D eigenvalue weighted by Crippen LogP contribution is 2.14. The van der Waals surface area contributed by atoms with Crippen LogP contribution in [-0.2, 0) is 119 Å². The second-order valence-electron chi connectivity index (χ2n) is 17.9. The van der Waals surface area contributed by atoms with Crippen LogP contribution < -0.4 is 10.6 Å². The summed E-state index contributed by atoms with van der Waals surface area (Å²) in [5.41, 5.74) is 0. The van der Waals surface area contributed by atoms with E-state index in [1.165, 1.54) is 0 Å². The van der Waals surface area contributed by atoms with Gasteiger partial charge in [-0.25, -0.2) is 9.59 Å². The van der Waals surface area contributed by atoms with Gasteiger partial charge in [0.25, 0.3) is 47.3 Å². The van der Waals surface area contributed by atoms with E-state index in [1.54, 1.807) is 13.8 Å². The van der Waals surface area contributed by atoms with Crippen molar-refractivity contribution in [2.75, 3.05) is 139 Å². The van der Waals surface area contributed by atoms with E-state index >= 15 is 0 Å². The SMILES string of the molecule is C=C(COC(COCCOCCOC(=O)ON1C(=O)CCC1=O)COCCOCCOC(=O)ON1C(=O)CCC1=O)OCCOC(COCCOC(C)NC(=O)CCN1C(=O)C=CC1=O)COCCOC(C)NC(=O)CCN1C(=O)C=CC1=O. The monoisotopic (exact) mass is 1200 g/mol. The fourth-order valence-corrected chi connectivity index (χ4v) is 7.10. The Hall–Kier alpha value is -7.34. The fourth-order valence-electron chi connectivity index (χ4n) is 7.10. The van der Waals surface area contributed by atoms with Gasteiger partial charge in [-0.2, -0.15) is 0 Å². The number of hydrogen-bond acceptors (Lipinski definition) is 27. The highest BCUT2D eigenvalue weighted by atomic mass is 16.8. The molecule has 4 rings (SSSR count). The first-order valence-electron chi connectivity index (χ1n) is 26.7. The number of carbonyl (C=O) groups is 12. The predicted molar refractivity (Wildman–Crippen MR) is 275 cm³/mol. The molecular formula is C51H72N6O27. The lowest BCUT2D eigenvalue weighted by molar-refractivity contribution is -0.178. The molecule has 4 heterocycles. The van der Waals surface area contributed by atoms with Crippen molar-refractivity contribution in [3.05, 3.63) is 36.6 Å². The summed E-state index contributed by atoms with van der Waals surface area (Å²) in [6.07, 6.45) is -1.21. The number of nitrogens with zero attached hydrogens (tertiary/aromatic N) is 4. The summed E-state index contributed by atoms with van der Waals surface area (Å²) in [5.74, 6) is -5.23. The van der Waals surface area contributed by atoms with Crippen molar-refractivity contribution >= 4 is 71.4 Å². The number of ether oxygens (including phenoxy) is 13. The van der Waals surface area contributed by atoms with E-state index in [4.69, 9.17) is 61.6 Å². The van der Waals surface area contributed by atoms with Crippen molar-refractivity contribution in [1.29, 1.82) is 0 Å². The van der Waals surface area contributed by atoms with Crippen molar-refractivity contribution in [2.45, 2.75) is 77.0 Å². The van der Waals surface area contributed by atoms with Gasteiger partial charge in [-0.05, 0) is 13.8 Å². The van der Waals surface area contributed by atoms with Crippen LogP contribution in [-0.4, -0.2) is 255 Å². The fraction of sp³-hybridized carbons (Fsp3) is 0.647. The normalized spacial score (nSPS) is 16.1. The van der Waals surface area contributed by atoms with E-state index in [0.717, 1.165) is 34.1 Å². The molecule has 0 spiro atoms. The summed E-state index contributed by atoms with van der Waals surface area (Å²) in [4.78, 5) is 153. The first kappa shape index (κ1) is 69.2. The molecule has 2 unspecified atom stereocenters. The molecule has 10 amide bonds. The minimum Gasteiger partial charge on any atom is -0.494 e. The number of carbonyl (C=O) groups excluding carboxylic acids is 12. The Morgan fingerprint density at radius 1 is 0.440 bits per heavy atom. The molecule has 2 fully saturated rings. The van der Waals surface area contributed by atoms with E-state index in [2.05, 4.69) is 26.9 Å². The number of amides is 10. The largest absolute Gasteiger partial charge is 0.534 e. The summed E-state index contributed by atoms with van der Waals surface area (Å²) in [7, 11) is 0. The molecule has 0 aromatic carbocycles. The summed E-state index contributed by atoms with van der Waals surface area (Å²) < 4.78 is 72.4. The molecule has 2 atom stereocenters. The van der Waals surface area contributed by atoms with Gasteiger partial charge in [0.15, 0.2) is 0 Å². The standard InChI is InChI=1S/C51H72N6O27/c1-35(30-82-39(33-72-18-16-70-20-26-80-50(68)83-56-46(64)8-9-47(56)65)34-73-19-17-71-21-27-81-51(69)84-57-48(66)10-11-49(57)67)76-28-29-79-38(31-74-22-24-77-36(2)52-40(58)12-14-54-42(60)4-5-43(54)61)32-75-23-25-78-37(3)53-41(59)13-15-55-44(62)6-7-45(55)63/h4-7,36-39H,1,8-34H2,2-3H3,(H,52,58)(H,53,59). The molecule has 468 valence electrons. The van der Waals surface area contributed by atoms with Crippen molar-refractivity contribution in [3.63, 3.8) is 0 Å². The molecule has 33 nitrogen and oxygen atoms in total. The Kier molecular flexibility index (Phi) is 32.3. The van der Waals surface area contributed by atoms with E-state index in [0.29, 0.717) is 10.1 Å². The average molecular weight is 1200 g/mol. The molecule has 0 aliphatic carbocycles. The minimum atomic E-state index is -1.24. The minimum absolute atomic E-state index is 0.00471. The number of nitrogens with one attached hydrogen (secondary N) is 2. The molecule has 0 aromatic heterocycles. The van der Waals surface area contributed by atoms with Crippen LogP contribution in [0, 0.1) is 0 Å². The molecule has 4 aliphatic rings. The third-order valence-corrected chi connectivity index (χ3v) is 11.3. The maximum Gasteiger partial charge on any atom is 0.534 e. The van der Waals surface area contributed by atoms with Crippen LogP contribution in [0.3, 0.4) is 0 Å². The zero-order valence-electron chi connectivity index (χ0n) is 46.7. The third kappa shape index (κ3) is 27.8. The van der Waals surface area contributed by atoms with Gasteiger partial charge in [0.05, 0.1) is 99.1 Å². The first-order valence-corrected chi connectivity index (χ1v) is 26.7.